The fourth-order valence-electron chi connectivity index (χ4n) is 1.76. The van der Waals surface area contributed by atoms with Crippen LogP contribution in [0.5, 0.6) is 0 Å². The summed E-state index contributed by atoms with van der Waals surface area (Å²) in [5, 5.41) is 14.2. The Morgan fingerprint density at radius 1 is 1.55 bits per heavy atom. The molecule has 0 radical (unpaired) electrons. The summed E-state index contributed by atoms with van der Waals surface area (Å²) < 4.78 is 26.1. The van der Waals surface area contributed by atoms with E-state index >= 15 is 0 Å². The van der Waals surface area contributed by atoms with Crippen molar-refractivity contribution in [2.24, 2.45) is 0 Å². The van der Waals surface area contributed by atoms with Gasteiger partial charge in [0.05, 0.1) is 4.92 Å². The van der Waals surface area contributed by atoms with Crippen LogP contribution in [0.3, 0.4) is 0 Å². The Balaban J connectivity index is 2.34. The van der Waals surface area contributed by atoms with E-state index in [1.807, 2.05) is 6.92 Å². The van der Waals surface area contributed by atoms with Crippen molar-refractivity contribution in [1.82, 2.24) is 4.31 Å². The van der Waals surface area contributed by atoms with E-state index in [1.165, 1.54) is 11.4 Å². The van der Waals surface area contributed by atoms with Crippen molar-refractivity contribution in [2.75, 3.05) is 18.9 Å². The molecule has 0 aliphatic heterocycles. The average molecular weight is 319 g/mol. The number of sulfonamides is 1. The Hall–Kier alpha value is -1.19. The summed E-state index contributed by atoms with van der Waals surface area (Å²) in [5.74, 6) is 0. The first kappa shape index (κ1) is 15.2. The molecule has 9 heteroatoms. The summed E-state index contributed by atoms with van der Waals surface area (Å²) in [6.45, 7) is 2.50. The molecule has 2 rings (SSSR count). The molecular formula is C11H17N3O4S2. The van der Waals surface area contributed by atoms with Crippen molar-refractivity contribution >= 4 is 32.0 Å². The number of thiophene rings is 1. The minimum atomic E-state index is -3.63. The first-order valence-electron chi connectivity index (χ1n) is 6.38. The number of rotatable bonds is 7. The van der Waals surface area contributed by atoms with Gasteiger partial charge in [-0.05, 0) is 19.3 Å². The van der Waals surface area contributed by atoms with Crippen LogP contribution < -0.4 is 5.32 Å². The van der Waals surface area contributed by atoms with E-state index in [-0.39, 0.29) is 15.9 Å². The highest BCUT2D eigenvalue weighted by Crippen LogP contribution is 2.40. The van der Waals surface area contributed by atoms with E-state index < -0.39 is 14.9 Å². The second kappa shape index (κ2) is 5.66. The second-order valence-corrected chi connectivity index (χ2v) is 7.99. The third-order valence-electron chi connectivity index (χ3n) is 3.12. The van der Waals surface area contributed by atoms with Gasteiger partial charge in [-0.3, -0.25) is 10.1 Å². The highest BCUT2D eigenvalue weighted by molar-refractivity contribution is 7.91. The predicted octanol–water partition coefficient (Wildman–Crippen LogP) is 2.26. The van der Waals surface area contributed by atoms with E-state index in [2.05, 4.69) is 5.32 Å². The fourth-order valence-corrected chi connectivity index (χ4v) is 4.72. The van der Waals surface area contributed by atoms with E-state index in [4.69, 9.17) is 0 Å². The summed E-state index contributed by atoms with van der Waals surface area (Å²) in [6, 6.07) is 1.19. The van der Waals surface area contributed by atoms with Crippen LogP contribution in [0, 0.1) is 10.1 Å². The monoisotopic (exact) mass is 319 g/mol. The quantitative estimate of drug-likeness (QED) is 0.614. The zero-order valence-electron chi connectivity index (χ0n) is 11.3. The molecule has 1 saturated carbocycles. The van der Waals surface area contributed by atoms with Gasteiger partial charge in [0.25, 0.3) is 10.0 Å². The van der Waals surface area contributed by atoms with Gasteiger partial charge in [0.2, 0.25) is 0 Å². The summed E-state index contributed by atoms with van der Waals surface area (Å²) in [7, 11) is -2.10. The Morgan fingerprint density at radius 2 is 2.20 bits per heavy atom. The fraction of sp³-hybridized carbons (Fsp3) is 0.636. The average Bonchev–Trinajstić information content (AvgIpc) is 3.14. The Bertz CT molecular complexity index is 607. The van der Waals surface area contributed by atoms with Crippen LogP contribution in [0.25, 0.3) is 0 Å². The third kappa shape index (κ3) is 2.94. The van der Waals surface area contributed by atoms with Crippen molar-refractivity contribution in [3.63, 3.8) is 0 Å². The second-order valence-electron chi connectivity index (χ2n) is 4.72. The van der Waals surface area contributed by atoms with Gasteiger partial charge in [-0.25, -0.2) is 8.42 Å². The molecule has 1 heterocycles. The molecule has 0 spiro atoms. The molecular weight excluding hydrogens is 302 g/mol. The minimum absolute atomic E-state index is 0.0252. The van der Waals surface area contributed by atoms with E-state index in [0.29, 0.717) is 11.5 Å². The van der Waals surface area contributed by atoms with Crippen LogP contribution in [-0.2, 0) is 10.0 Å². The van der Waals surface area contributed by atoms with Crippen molar-refractivity contribution in [1.29, 1.82) is 0 Å². The van der Waals surface area contributed by atoms with Crippen LogP contribution in [0.1, 0.15) is 26.2 Å². The molecule has 1 aliphatic carbocycles. The predicted molar refractivity (Wildman–Crippen MR) is 77.7 cm³/mol. The van der Waals surface area contributed by atoms with Gasteiger partial charge in [0, 0.05) is 25.7 Å². The van der Waals surface area contributed by atoms with Gasteiger partial charge in [-0.2, -0.15) is 4.31 Å². The summed E-state index contributed by atoms with van der Waals surface area (Å²) in [6.07, 6.45) is 2.51. The van der Waals surface area contributed by atoms with Crippen molar-refractivity contribution < 1.29 is 13.3 Å². The lowest BCUT2D eigenvalue weighted by Crippen LogP contribution is -2.28. The number of hydrogen-bond donors (Lipinski definition) is 1. The molecule has 1 aliphatic rings. The highest BCUT2D eigenvalue weighted by Gasteiger charge is 2.37. The van der Waals surface area contributed by atoms with Crippen LogP contribution in [0.4, 0.5) is 10.7 Å². The SMILES string of the molecule is CCCNc1sc(S(=O)(=O)N(C)C2CC2)cc1[N+](=O)[O-]. The summed E-state index contributed by atoms with van der Waals surface area (Å²) >= 11 is 0.926. The largest absolute Gasteiger partial charge is 0.371 e. The normalized spacial score (nSPS) is 15.6. The standard InChI is InChI=1S/C11H17N3O4S2/c1-3-6-12-11-9(14(15)16)7-10(19-11)20(17,18)13(2)8-4-5-8/h7-8,12H,3-6H2,1-2H3. The molecule has 0 atom stereocenters. The Morgan fingerprint density at radius 3 is 2.70 bits per heavy atom. The lowest BCUT2D eigenvalue weighted by molar-refractivity contribution is -0.383. The van der Waals surface area contributed by atoms with Gasteiger partial charge >= 0.3 is 5.69 Å². The van der Waals surface area contributed by atoms with Crippen molar-refractivity contribution in [3.05, 3.63) is 16.2 Å². The maximum Gasteiger partial charge on any atom is 0.304 e. The molecule has 0 saturated heterocycles. The van der Waals surface area contributed by atoms with Gasteiger partial charge in [-0.1, -0.05) is 18.3 Å². The van der Waals surface area contributed by atoms with Crippen LogP contribution >= 0.6 is 11.3 Å². The molecule has 7 nitrogen and oxygen atoms in total. The maximum absolute atomic E-state index is 12.4. The molecule has 0 bridgehead atoms. The van der Waals surface area contributed by atoms with E-state index in [0.717, 1.165) is 36.7 Å². The van der Waals surface area contributed by atoms with Gasteiger partial charge in [0.15, 0.2) is 5.00 Å². The Labute approximate surface area is 121 Å². The molecule has 1 aromatic rings. The highest BCUT2D eigenvalue weighted by atomic mass is 32.2. The van der Waals surface area contributed by atoms with Crippen LogP contribution in [0.2, 0.25) is 0 Å². The topological polar surface area (TPSA) is 92.6 Å². The number of hydrogen-bond acceptors (Lipinski definition) is 6. The smallest absolute Gasteiger partial charge is 0.304 e. The third-order valence-corrected chi connectivity index (χ3v) is 6.56. The number of nitro groups is 1. The summed E-state index contributed by atoms with van der Waals surface area (Å²) in [4.78, 5) is 10.5. The molecule has 0 aromatic carbocycles. The lowest BCUT2D eigenvalue weighted by Gasteiger charge is -2.14. The molecule has 1 aromatic heterocycles. The van der Waals surface area contributed by atoms with Crippen molar-refractivity contribution in [2.45, 2.75) is 36.4 Å². The maximum atomic E-state index is 12.4. The summed E-state index contributed by atoms with van der Waals surface area (Å²) in [5.41, 5.74) is -0.175. The first-order valence-corrected chi connectivity index (χ1v) is 8.63. The minimum Gasteiger partial charge on any atom is -0.371 e. The molecule has 1 fully saturated rings. The van der Waals surface area contributed by atoms with E-state index in [1.54, 1.807) is 0 Å². The van der Waals surface area contributed by atoms with Gasteiger partial charge in [-0.15, -0.1) is 0 Å². The van der Waals surface area contributed by atoms with Crippen LogP contribution in [-0.4, -0.2) is 37.3 Å². The molecule has 0 unspecified atom stereocenters. The zero-order valence-corrected chi connectivity index (χ0v) is 13.0. The van der Waals surface area contributed by atoms with Gasteiger partial charge in [0.1, 0.15) is 4.21 Å². The molecule has 0 amide bonds. The Kier molecular flexibility index (Phi) is 4.31. The van der Waals surface area contributed by atoms with E-state index in [9.17, 15) is 18.5 Å². The van der Waals surface area contributed by atoms with Gasteiger partial charge < -0.3 is 5.32 Å². The zero-order chi connectivity index (χ0) is 14.9. The lowest BCUT2D eigenvalue weighted by atomic mass is 10.4. The number of nitrogens with zero attached hydrogens (tertiary/aromatic N) is 2. The molecule has 20 heavy (non-hydrogen) atoms. The number of anilines is 1. The number of nitrogens with one attached hydrogen (secondary N) is 1. The molecule has 112 valence electrons. The molecule has 1 N–H and O–H groups in total. The first-order chi connectivity index (χ1) is 9.37. The van der Waals surface area contributed by atoms with Crippen LogP contribution in [0.15, 0.2) is 10.3 Å². The van der Waals surface area contributed by atoms with Crippen molar-refractivity contribution in [3.8, 4) is 0 Å².